The predicted octanol–water partition coefficient (Wildman–Crippen LogP) is 1.95. The lowest BCUT2D eigenvalue weighted by atomic mass is 10.1. The van der Waals surface area contributed by atoms with Crippen molar-refractivity contribution in [2.24, 2.45) is 5.73 Å². The van der Waals surface area contributed by atoms with Crippen molar-refractivity contribution in [2.75, 3.05) is 27.8 Å². The van der Waals surface area contributed by atoms with Crippen molar-refractivity contribution < 1.29 is 27.5 Å². The van der Waals surface area contributed by atoms with Crippen molar-refractivity contribution in [1.82, 2.24) is 9.62 Å². The number of sulfonamides is 1. The highest BCUT2D eigenvalue weighted by atomic mass is 35.5. The van der Waals surface area contributed by atoms with Crippen molar-refractivity contribution in [1.29, 1.82) is 0 Å². The van der Waals surface area contributed by atoms with Crippen molar-refractivity contribution in [3.05, 3.63) is 52.5 Å². The molecule has 0 aliphatic carbocycles. The first-order chi connectivity index (χ1) is 14.5. The Morgan fingerprint density at radius 3 is 2.32 bits per heavy atom. The number of carbonyl (C=O) groups excluding carboxylic acids is 2. The molecule has 11 heteroatoms. The lowest BCUT2D eigenvalue weighted by Crippen LogP contribution is -2.27. The number of hydrogen-bond acceptors (Lipinski definition) is 6. The normalized spacial score (nSPS) is 12.3. The third-order valence-electron chi connectivity index (χ3n) is 4.36. The van der Waals surface area contributed by atoms with Crippen LogP contribution >= 0.6 is 11.6 Å². The SMILES string of the molecule is COc1cc(C(=O)NC(C)c2ccc(S(=O)(=O)N(C)C)cc2)cc(Cl)c1OCC(N)=O. The van der Waals surface area contributed by atoms with Crippen LogP contribution in [0.4, 0.5) is 0 Å². The van der Waals surface area contributed by atoms with E-state index in [0.29, 0.717) is 5.56 Å². The van der Waals surface area contributed by atoms with Gasteiger partial charge in [0.05, 0.1) is 23.1 Å². The quantitative estimate of drug-likeness (QED) is 0.577. The van der Waals surface area contributed by atoms with Crippen molar-refractivity contribution in [3.63, 3.8) is 0 Å². The van der Waals surface area contributed by atoms with Crippen LogP contribution in [0.3, 0.4) is 0 Å². The van der Waals surface area contributed by atoms with Crippen LogP contribution in [-0.4, -0.2) is 52.3 Å². The van der Waals surface area contributed by atoms with Gasteiger partial charge in [-0.05, 0) is 36.8 Å². The fraction of sp³-hybridized carbons (Fsp3) is 0.300. The molecular weight excluding hydrogens is 446 g/mol. The van der Waals surface area contributed by atoms with E-state index in [4.69, 9.17) is 26.8 Å². The number of methoxy groups -OCH3 is 1. The van der Waals surface area contributed by atoms with E-state index in [-0.39, 0.29) is 27.0 Å². The minimum atomic E-state index is -3.54. The zero-order chi connectivity index (χ0) is 23.3. The molecule has 0 saturated heterocycles. The van der Waals surface area contributed by atoms with Gasteiger partial charge in [-0.2, -0.15) is 0 Å². The number of carbonyl (C=O) groups is 2. The number of hydrogen-bond donors (Lipinski definition) is 2. The second kappa shape index (κ2) is 9.99. The molecule has 0 heterocycles. The summed E-state index contributed by atoms with van der Waals surface area (Å²) in [6.45, 7) is 1.37. The summed E-state index contributed by atoms with van der Waals surface area (Å²) >= 11 is 6.18. The van der Waals surface area contributed by atoms with E-state index >= 15 is 0 Å². The third kappa shape index (κ3) is 5.87. The topological polar surface area (TPSA) is 128 Å². The average molecular weight is 470 g/mol. The van der Waals surface area contributed by atoms with Gasteiger partial charge < -0.3 is 20.5 Å². The molecule has 1 atom stereocenters. The number of ether oxygens (including phenoxy) is 2. The summed E-state index contributed by atoms with van der Waals surface area (Å²) in [5.41, 5.74) is 6.00. The summed E-state index contributed by atoms with van der Waals surface area (Å²) < 4.78 is 35.9. The van der Waals surface area contributed by atoms with Gasteiger partial charge in [0.25, 0.3) is 11.8 Å². The van der Waals surface area contributed by atoms with E-state index in [1.54, 1.807) is 19.1 Å². The molecule has 0 aliphatic rings. The van der Waals surface area contributed by atoms with Crippen LogP contribution in [0.1, 0.15) is 28.9 Å². The lowest BCUT2D eigenvalue weighted by molar-refractivity contribution is -0.119. The Morgan fingerprint density at radius 1 is 1.19 bits per heavy atom. The maximum Gasteiger partial charge on any atom is 0.255 e. The number of halogens is 1. The fourth-order valence-corrected chi connectivity index (χ4v) is 3.80. The summed E-state index contributed by atoms with van der Waals surface area (Å²) in [4.78, 5) is 23.8. The Bertz CT molecular complexity index is 1070. The van der Waals surface area contributed by atoms with E-state index in [1.165, 1.54) is 45.5 Å². The van der Waals surface area contributed by atoms with Gasteiger partial charge in [-0.1, -0.05) is 23.7 Å². The number of primary amides is 1. The molecule has 1 unspecified atom stereocenters. The Kier molecular flexibility index (Phi) is 7.88. The number of amides is 2. The second-order valence-corrected chi connectivity index (χ2v) is 9.36. The van der Waals surface area contributed by atoms with E-state index in [0.717, 1.165) is 4.31 Å². The molecule has 0 spiro atoms. The van der Waals surface area contributed by atoms with Gasteiger partial charge in [-0.25, -0.2) is 12.7 Å². The van der Waals surface area contributed by atoms with E-state index in [9.17, 15) is 18.0 Å². The van der Waals surface area contributed by atoms with Gasteiger partial charge in [0.15, 0.2) is 18.1 Å². The van der Waals surface area contributed by atoms with Gasteiger partial charge in [0.2, 0.25) is 10.0 Å². The van der Waals surface area contributed by atoms with Crippen LogP contribution in [0.5, 0.6) is 11.5 Å². The Morgan fingerprint density at radius 2 is 1.81 bits per heavy atom. The average Bonchev–Trinajstić information content (AvgIpc) is 2.71. The van der Waals surface area contributed by atoms with E-state index < -0.39 is 34.5 Å². The largest absolute Gasteiger partial charge is 0.493 e. The fourth-order valence-electron chi connectivity index (χ4n) is 2.64. The molecule has 3 N–H and O–H groups in total. The number of rotatable bonds is 9. The Labute approximate surface area is 186 Å². The molecule has 0 aliphatic heterocycles. The molecule has 0 radical (unpaired) electrons. The van der Waals surface area contributed by atoms with Gasteiger partial charge in [0.1, 0.15) is 0 Å². The summed E-state index contributed by atoms with van der Waals surface area (Å²) in [6.07, 6.45) is 0. The predicted molar refractivity (Wildman–Crippen MR) is 116 cm³/mol. The molecule has 0 fully saturated rings. The molecule has 2 rings (SSSR count). The Balaban J connectivity index is 2.19. The van der Waals surface area contributed by atoms with Gasteiger partial charge in [-0.15, -0.1) is 0 Å². The smallest absolute Gasteiger partial charge is 0.255 e. The lowest BCUT2D eigenvalue weighted by Gasteiger charge is -2.17. The Hall–Kier alpha value is -2.82. The molecule has 2 aromatic carbocycles. The third-order valence-corrected chi connectivity index (χ3v) is 6.47. The standard InChI is InChI=1S/C20H24ClN3O6S/c1-12(13-5-7-15(8-6-13)31(27,28)24(2)3)23-20(26)14-9-16(21)19(17(10-14)29-4)30-11-18(22)25/h5-10,12H,11H2,1-4H3,(H2,22,25)(H,23,26). The van der Waals surface area contributed by atoms with Gasteiger partial charge >= 0.3 is 0 Å². The molecular formula is C20H24ClN3O6S. The molecule has 0 saturated carbocycles. The summed E-state index contributed by atoms with van der Waals surface area (Å²) in [5.74, 6) is -0.840. The molecule has 0 bridgehead atoms. The van der Waals surface area contributed by atoms with E-state index in [1.807, 2.05) is 0 Å². The van der Waals surface area contributed by atoms with Crippen LogP contribution in [0.15, 0.2) is 41.3 Å². The van der Waals surface area contributed by atoms with Gasteiger partial charge in [0, 0.05) is 19.7 Å². The van der Waals surface area contributed by atoms with Crippen LogP contribution in [-0.2, 0) is 14.8 Å². The van der Waals surface area contributed by atoms with Crippen molar-refractivity contribution in [2.45, 2.75) is 17.9 Å². The molecule has 168 valence electrons. The van der Waals surface area contributed by atoms with Crippen molar-refractivity contribution in [3.8, 4) is 11.5 Å². The van der Waals surface area contributed by atoms with Crippen LogP contribution < -0.4 is 20.5 Å². The molecule has 2 aromatic rings. The highest BCUT2D eigenvalue weighted by molar-refractivity contribution is 7.89. The highest BCUT2D eigenvalue weighted by Gasteiger charge is 2.20. The highest BCUT2D eigenvalue weighted by Crippen LogP contribution is 2.36. The molecule has 2 amide bonds. The maximum absolute atomic E-state index is 12.7. The van der Waals surface area contributed by atoms with Crippen LogP contribution in [0.2, 0.25) is 5.02 Å². The van der Waals surface area contributed by atoms with Crippen molar-refractivity contribution >= 4 is 33.4 Å². The monoisotopic (exact) mass is 469 g/mol. The van der Waals surface area contributed by atoms with E-state index in [2.05, 4.69) is 5.32 Å². The van der Waals surface area contributed by atoms with Gasteiger partial charge in [-0.3, -0.25) is 9.59 Å². The number of nitrogens with zero attached hydrogens (tertiary/aromatic N) is 1. The number of benzene rings is 2. The first-order valence-corrected chi connectivity index (χ1v) is 10.9. The second-order valence-electron chi connectivity index (χ2n) is 6.80. The summed E-state index contributed by atoms with van der Waals surface area (Å²) in [6, 6.07) is 8.63. The first-order valence-electron chi connectivity index (χ1n) is 9.09. The molecule has 31 heavy (non-hydrogen) atoms. The number of nitrogens with two attached hydrogens (primary N) is 1. The zero-order valence-electron chi connectivity index (χ0n) is 17.5. The first kappa shape index (κ1) is 24.4. The summed E-state index contributed by atoms with van der Waals surface area (Å²) in [7, 11) is 0.744. The number of nitrogens with one attached hydrogen (secondary N) is 1. The minimum Gasteiger partial charge on any atom is -0.493 e. The molecule has 0 aromatic heterocycles. The van der Waals surface area contributed by atoms with Crippen LogP contribution in [0, 0.1) is 0 Å². The maximum atomic E-state index is 12.7. The molecule has 9 nitrogen and oxygen atoms in total. The zero-order valence-corrected chi connectivity index (χ0v) is 19.1. The van der Waals surface area contributed by atoms with Crippen LogP contribution in [0.25, 0.3) is 0 Å². The minimum absolute atomic E-state index is 0.0802. The summed E-state index contributed by atoms with van der Waals surface area (Å²) in [5, 5.41) is 2.89.